The third-order valence-electron chi connectivity index (χ3n) is 1.95. The van der Waals surface area contributed by atoms with Gasteiger partial charge in [0.1, 0.15) is 6.04 Å². The van der Waals surface area contributed by atoms with Gasteiger partial charge in [-0.05, 0) is 6.42 Å². The van der Waals surface area contributed by atoms with Gasteiger partial charge in [-0.15, -0.1) is 0 Å². The van der Waals surface area contributed by atoms with Crippen LogP contribution in [0.1, 0.15) is 12.8 Å². The van der Waals surface area contributed by atoms with Crippen LogP contribution in [0.4, 0.5) is 0 Å². The molecule has 10 nitrogen and oxygen atoms in total. The fourth-order valence-corrected chi connectivity index (χ4v) is 1.41. The Balaban J connectivity index is 4.10. The highest BCUT2D eigenvalue weighted by Gasteiger charge is 2.20. The number of nitrogens with one attached hydrogen (secondary N) is 1. The maximum absolute atomic E-state index is 10.7. The molecule has 0 aromatic rings. The SMILES string of the molecule is O=C(O)CC[C@H](NCC(O)COS(=O)(=O)O)C(=O)O. The molecule has 0 rings (SSSR count). The number of hydrogen-bond acceptors (Lipinski definition) is 7. The van der Waals surface area contributed by atoms with E-state index in [1.54, 1.807) is 0 Å². The molecule has 0 aliphatic heterocycles. The predicted molar refractivity (Wildman–Crippen MR) is 59.8 cm³/mol. The zero-order valence-electron chi connectivity index (χ0n) is 9.72. The summed E-state index contributed by atoms with van der Waals surface area (Å²) in [6, 6.07) is -1.20. The van der Waals surface area contributed by atoms with Gasteiger partial charge >= 0.3 is 22.3 Å². The number of aliphatic carboxylic acids is 2. The molecule has 0 radical (unpaired) electrons. The largest absolute Gasteiger partial charge is 0.481 e. The first-order chi connectivity index (χ1) is 8.61. The van der Waals surface area contributed by atoms with Crippen molar-refractivity contribution < 1.29 is 42.1 Å². The average Bonchev–Trinajstić information content (AvgIpc) is 2.24. The minimum Gasteiger partial charge on any atom is -0.481 e. The topological polar surface area (TPSA) is 170 Å². The van der Waals surface area contributed by atoms with Crippen molar-refractivity contribution in [3.05, 3.63) is 0 Å². The van der Waals surface area contributed by atoms with Gasteiger partial charge in [0.05, 0.1) is 12.7 Å². The first kappa shape index (κ1) is 17.7. The minimum atomic E-state index is -4.68. The molecule has 0 bridgehead atoms. The van der Waals surface area contributed by atoms with E-state index in [4.69, 9.17) is 14.8 Å². The summed E-state index contributed by atoms with van der Waals surface area (Å²) in [6.45, 7) is -1.09. The molecule has 0 spiro atoms. The zero-order chi connectivity index (χ0) is 15.1. The Labute approximate surface area is 109 Å². The van der Waals surface area contributed by atoms with Crippen molar-refractivity contribution in [2.45, 2.75) is 25.0 Å². The monoisotopic (exact) mass is 301 g/mol. The first-order valence-corrected chi connectivity index (χ1v) is 6.46. The average molecular weight is 301 g/mol. The molecule has 0 aliphatic carbocycles. The molecule has 0 aliphatic rings. The first-order valence-electron chi connectivity index (χ1n) is 5.09. The van der Waals surface area contributed by atoms with Crippen LogP contribution in [0, 0.1) is 0 Å². The number of carbonyl (C=O) groups is 2. The second-order valence-corrected chi connectivity index (χ2v) is 4.69. The van der Waals surface area contributed by atoms with Gasteiger partial charge in [0.25, 0.3) is 0 Å². The molecule has 112 valence electrons. The van der Waals surface area contributed by atoms with Crippen LogP contribution in [-0.4, -0.2) is 65.5 Å². The van der Waals surface area contributed by atoms with Crippen LogP contribution < -0.4 is 5.32 Å². The van der Waals surface area contributed by atoms with Crippen LogP contribution in [-0.2, 0) is 24.2 Å². The van der Waals surface area contributed by atoms with Crippen molar-refractivity contribution in [3.8, 4) is 0 Å². The molecule has 19 heavy (non-hydrogen) atoms. The van der Waals surface area contributed by atoms with Gasteiger partial charge in [0.2, 0.25) is 0 Å². The van der Waals surface area contributed by atoms with Gasteiger partial charge in [-0.1, -0.05) is 0 Å². The van der Waals surface area contributed by atoms with E-state index in [0.29, 0.717) is 0 Å². The number of hydrogen-bond donors (Lipinski definition) is 5. The molecular formula is C8H15NO9S. The second kappa shape index (κ2) is 8.01. The third-order valence-corrected chi connectivity index (χ3v) is 2.39. The molecule has 0 heterocycles. The number of carboxylic acid groups (broad SMARTS) is 2. The molecule has 0 saturated carbocycles. The molecule has 11 heteroatoms. The lowest BCUT2D eigenvalue weighted by atomic mass is 10.1. The summed E-state index contributed by atoms with van der Waals surface area (Å²) < 4.78 is 32.5. The van der Waals surface area contributed by atoms with E-state index >= 15 is 0 Å². The lowest BCUT2D eigenvalue weighted by Crippen LogP contribution is -2.42. The Kier molecular flexibility index (Phi) is 7.48. The number of aliphatic hydroxyl groups excluding tert-OH is 1. The standard InChI is InChI=1S/C8H15NO9S/c10-5(4-18-19(15,16)17)3-9-6(8(13)14)1-2-7(11)12/h5-6,9-10H,1-4H2,(H,11,12)(H,13,14)(H,15,16,17)/t5?,6-/m0/s1. The summed E-state index contributed by atoms with van der Waals surface area (Å²) in [6.07, 6.45) is -1.95. The van der Waals surface area contributed by atoms with Crippen LogP contribution in [0.5, 0.6) is 0 Å². The van der Waals surface area contributed by atoms with E-state index in [0.717, 1.165) is 0 Å². The van der Waals surface area contributed by atoms with E-state index < -0.39 is 41.1 Å². The summed E-state index contributed by atoms with van der Waals surface area (Å²) >= 11 is 0. The highest BCUT2D eigenvalue weighted by Crippen LogP contribution is 1.99. The van der Waals surface area contributed by atoms with Crippen LogP contribution in [0.15, 0.2) is 0 Å². The van der Waals surface area contributed by atoms with E-state index in [1.807, 2.05) is 0 Å². The number of rotatable bonds is 10. The number of carboxylic acids is 2. The Hall–Kier alpha value is -1.27. The van der Waals surface area contributed by atoms with Crippen molar-refractivity contribution in [2.75, 3.05) is 13.2 Å². The number of aliphatic hydroxyl groups is 1. The van der Waals surface area contributed by atoms with Gasteiger partial charge in [-0.25, -0.2) is 4.18 Å². The third kappa shape index (κ3) is 10.3. The maximum Gasteiger partial charge on any atom is 0.397 e. The van der Waals surface area contributed by atoms with E-state index in [1.165, 1.54) is 0 Å². The highest BCUT2D eigenvalue weighted by atomic mass is 32.3. The van der Waals surface area contributed by atoms with Crippen LogP contribution >= 0.6 is 0 Å². The quantitative estimate of drug-likeness (QED) is 0.286. The fourth-order valence-electron chi connectivity index (χ4n) is 1.08. The highest BCUT2D eigenvalue weighted by molar-refractivity contribution is 7.80. The van der Waals surface area contributed by atoms with E-state index in [2.05, 4.69) is 9.50 Å². The molecule has 5 N–H and O–H groups in total. The van der Waals surface area contributed by atoms with Crippen LogP contribution in [0.25, 0.3) is 0 Å². The fraction of sp³-hybridized carbons (Fsp3) is 0.750. The van der Waals surface area contributed by atoms with Gasteiger partial charge in [-0.3, -0.25) is 14.1 Å². The van der Waals surface area contributed by atoms with Crippen LogP contribution in [0.3, 0.4) is 0 Å². The molecule has 0 aromatic heterocycles. The summed E-state index contributed by atoms with van der Waals surface area (Å²) in [5.41, 5.74) is 0. The predicted octanol–water partition coefficient (Wildman–Crippen LogP) is -1.93. The van der Waals surface area contributed by atoms with Crippen molar-refractivity contribution in [1.82, 2.24) is 5.32 Å². The molecule has 0 saturated heterocycles. The summed E-state index contributed by atoms with van der Waals surface area (Å²) in [5, 5.41) is 28.8. The van der Waals surface area contributed by atoms with Gasteiger partial charge in [0, 0.05) is 13.0 Å². The lowest BCUT2D eigenvalue weighted by molar-refractivity contribution is -0.140. The van der Waals surface area contributed by atoms with Crippen LogP contribution in [0.2, 0.25) is 0 Å². The van der Waals surface area contributed by atoms with Gasteiger partial charge < -0.3 is 20.6 Å². The Morgan fingerprint density at radius 2 is 1.84 bits per heavy atom. The molecular weight excluding hydrogens is 286 g/mol. The maximum atomic E-state index is 10.7. The van der Waals surface area contributed by atoms with Gasteiger partial charge in [-0.2, -0.15) is 8.42 Å². The molecule has 2 atom stereocenters. The molecule has 0 aromatic carbocycles. The zero-order valence-corrected chi connectivity index (χ0v) is 10.5. The summed E-state index contributed by atoms with van der Waals surface area (Å²) in [4.78, 5) is 21.0. The smallest absolute Gasteiger partial charge is 0.397 e. The minimum absolute atomic E-state index is 0.198. The molecule has 0 amide bonds. The molecule has 0 fully saturated rings. The Morgan fingerprint density at radius 3 is 2.26 bits per heavy atom. The summed E-state index contributed by atoms with van der Waals surface area (Å²) in [5.74, 6) is -2.47. The molecule has 1 unspecified atom stereocenters. The Morgan fingerprint density at radius 1 is 1.26 bits per heavy atom. The van der Waals surface area contributed by atoms with Gasteiger partial charge in [0.15, 0.2) is 0 Å². The van der Waals surface area contributed by atoms with E-state index in [9.17, 15) is 23.1 Å². The van der Waals surface area contributed by atoms with E-state index in [-0.39, 0.29) is 19.4 Å². The van der Waals surface area contributed by atoms with Crippen molar-refractivity contribution in [3.63, 3.8) is 0 Å². The van der Waals surface area contributed by atoms with Crippen molar-refractivity contribution in [1.29, 1.82) is 0 Å². The lowest BCUT2D eigenvalue weighted by Gasteiger charge is -2.16. The Bertz CT molecular complexity index is 406. The van der Waals surface area contributed by atoms with Crippen molar-refractivity contribution >= 4 is 22.3 Å². The second-order valence-electron chi connectivity index (χ2n) is 3.60. The summed E-state index contributed by atoms with van der Waals surface area (Å²) in [7, 11) is -4.68. The van der Waals surface area contributed by atoms with Crippen molar-refractivity contribution in [2.24, 2.45) is 0 Å². The normalized spacial score (nSPS) is 14.8.